The molecule has 0 saturated heterocycles. The van der Waals surface area contributed by atoms with E-state index >= 15 is 0 Å². The quantitative estimate of drug-likeness (QED) is 0.700. The van der Waals surface area contributed by atoms with E-state index in [4.69, 9.17) is 10.7 Å². The number of rotatable bonds is 2. The van der Waals surface area contributed by atoms with Gasteiger partial charge in [-0.25, -0.2) is 8.42 Å². The number of benzene rings is 1. The SMILES string of the molecule is O=S(=O)(Cl)c1c[nH]c2c(-c3cccnn3)c(Br)ccc12. The van der Waals surface area contributed by atoms with Crippen LogP contribution in [0.15, 0.2) is 46.0 Å². The van der Waals surface area contributed by atoms with Crippen LogP contribution in [0.5, 0.6) is 0 Å². The zero-order valence-electron chi connectivity index (χ0n) is 9.84. The molecule has 0 bridgehead atoms. The van der Waals surface area contributed by atoms with E-state index in [1.807, 2.05) is 0 Å². The number of aromatic amines is 1. The zero-order chi connectivity index (χ0) is 14.3. The third-order valence-electron chi connectivity index (χ3n) is 2.86. The third-order valence-corrected chi connectivity index (χ3v) is 4.88. The molecule has 0 spiro atoms. The molecule has 102 valence electrons. The molecule has 20 heavy (non-hydrogen) atoms. The smallest absolute Gasteiger partial charge is 0.263 e. The Balaban J connectivity index is 2.39. The van der Waals surface area contributed by atoms with Crippen LogP contribution in [0.3, 0.4) is 0 Å². The molecule has 0 aliphatic carbocycles. The molecular formula is C12H7BrClN3O2S. The lowest BCUT2D eigenvalue weighted by molar-refractivity contribution is 0.610. The Kier molecular flexibility index (Phi) is 3.27. The zero-order valence-corrected chi connectivity index (χ0v) is 13.0. The van der Waals surface area contributed by atoms with Crippen LogP contribution < -0.4 is 0 Å². The second-order valence-electron chi connectivity index (χ2n) is 4.04. The van der Waals surface area contributed by atoms with Crippen molar-refractivity contribution in [3.05, 3.63) is 41.1 Å². The second kappa shape index (κ2) is 4.83. The van der Waals surface area contributed by atoms with Crippen LogP contribution >= 0.6 is 26.6 Å². The van der Waals surface area contributed by atoms with Gasteiger partial charge >= 0.3 is 0 Å². The lowest BCUT2D eigenvalue weighted by Crippen LogP contribution is -1.90. The van der Waals surface area contributed by atoms with Gasteiger partial charge in [0.1, 0.15) is 4.90 Å². The van der Waals surface area contributed by atoms with Crippen molar-refractivity contribution < 1.29 is 8.42 Å². The maximum atomic E-state index is 11.5. The first-order chi connectivity index (χ1) is 9.48. The summed E-state index contributed by atoms with van der Waals surface area (Å²) in [5, 5.41) is 8.40. The molecule has 0 amide bonds. The molecule has 3 rings (SSSR count). The van der Waals surface area contributed by atoms with Crippen molar-refractivity contribution in [2.45, 2.75) is 4.90 Å². The first kappa shape index (κ1) is 13.5. The van der Waals surface area contributed by atoms with Gasteiger partial charge in [-0.3, -0.25) is 0 Å². The van der Waals surface area contributed by atoms with Gasteiger partial charge in [0, 0.05) is 38.5 Å². The summed E-state index contributed by atoms with van der Waals surface area (Å²) in [5.74, 6) is 0. The summed E-state index contributed by atoms with van der Waals surface area (Å²) in [4.78, 5) is 2.99. The summed E-state index contributed by atoms with van der Waals surface area (Å²) in [7, 11) is 1.62. The van der Waals surface area contributed by atoms with Crippen LogP contribution in [0.2, 0.25) is 0 Å². The number of hydrogen-bond acceptors (Lipinski definition) is 4. The van der Waals surface area contributed by atoms with Crippen LogP contribution in [0.25, 0.3) is 22.2 Å². The highest BCUT2D eigenvalue weighted by Gasteiger charge is 2.19. The molecule has 1 N–H and O–H groups in total. The number of fused-ring (bicyclic) bond motifs is 1. The van der Waals surface area contributed by atoms with Gasteiger partial charge in [0.15, 0.2) is 0 Å². The van der Waals surface area contributed by atoms with Crippen molar-refractivity contribution in [2.24, 2.45) is 0 Å². The van der Waals surface area contributed by atoms with Gasteiger partial charge in [0.05, 0.1) is 11.2 Å². The van der Waals surface area contributed by atoms with Gasteiger partial charge in [0.2, 0.25) is 0 Å². The second-order valence-corrected chi connectivity index (χ2v) is 7.43. The van der Waals surface area contributed by atoms with E-state index in [0.29, 0.717) is 16.6 Å². The van der Waals surface area contributed by atoms with Crippen molar-refractivity contribution in [3.63, 3.8) is 0 Å². The van der Waals surface area contributed by atoms with Gasteiger partial charge in [-0.1, -0.05) is 22.0 Å². The maximum absolute atomic E-state index is 11.5. The number of aromatic nitrogens is 3. The fourth-order valence-corrected chi connectivity index (χ4v) is 3.58. The number of H-pyrrole nitrogens is 1. The van der Waals surface area contributed by atoms with Gasteiger partial charge in [0.25, 0.3) is 9.05 Å². The molecule has 8 heteroatoms. The average molecular weight is 373 g/mol. The molecular weight excluding hydrogens is 366 g/mol. The summed E-state index contributed by atoms with van der Waals surface area (Å²) in [6.07, 6.45) is 2.94. The van der Waals surface area contributed by atoms with Gasteiger partial charge in [-0.05, 0) is 18.2 Å². The Morgan fingerprint density at radius 1 is 1.25 bits per heavy atom. The first-order valence-electron chi connectivity index (χ1n) is 5.51. The number of hydrogen-bond donors (Lipinski definition) is 1. The van der Waals surface area contributed by atoms with E-state index < -0.39 is 9.05 Å². The fraction of sp³-hybridized carbons (Fsp3) is 0. The highest BCUT2D eigenvalue weighted by Crippen LogP contribution is 2.36. The highest BCUT2D eigenvalue weighted by atomic mass is 79.9. The summed E-state index contributed by atoms with van der Waals surface area (Å²) in [6, 6.07) is 6.99. The van der Waals surface area contributed by atoms with Crippen LogP contribution in [-0.4, -0.2) is 23.6 Å². The average Bonchev–Trinajstić information content (AvgIpc) is 2.83. The minimum absolute atomic E-state index is 0.0480. The van der Waals surface area contributed by atoms with Crippen LogP contribution in [-0.2, 0) is 9.05 Å². The topological polar surface area (TPSA) is 75.7 Å². The highest BCUT2D eigenvalue weighted by molar-refractivity contribution is 9.10. The van der Waals surface area contributed by atoms with Gasteiger partial charge in [-0.2, -0.15) is 10.2 Å². The molecule has 0 radical (unpaired) electrons. The molecule has 2 aromatic heterocycles. The minimum atomic E-state index is -3.81. The van der Waals surface area contributed by atoms with Crippen LogP contribution in [0.1, 0.15) is 0 Å². The molecule has 5 nitrogen and oxygen atoms in total. The lowest BCUT2D eigenvalue weighted by Gasteiger charge is -2.05. The Hall–Kier alpha value is -1.44. The Labute approximate surface area is 127 Å². The van der Waals surface area contributed by atoms with E-state index in [1.165, 1.54) is 6.20 Å². The Morgan fingerprint density at radius 3 is 2.70 bits per heavy atom. The van der Waals surface area contributed by atoms with Gasteiger partial charge < -0.3 is 4.98 Å². The standard InChI is InChI=1S/C12H7BrClN3O2S/c13-8-4-3-7-10(20(14,18)19)6-15-12(7)11(8)9-2-1-5-16-17-9/h1-6,15H. The van der Waals surface area contributed by atoms with Crippen molar-refractivity contribution in [1.29, 1.82) is 0 Å². The van der Waals surface area contributed by atoms with Crippen molar-refractivity contribution in [2.75, 3.05) is 0 Å². The predicted molar refractivity (Wildman–Crippen MR) is 80.1 cm³/mol. The van der Waals surface area contributed by atoms with Gasteiger partial charge in [-0.15, -0.1) is 0 Å². The molecule has 0 unspecified atom stereocenters. The van der Waals surface area contributed by atoms with E-state index in [-0.39, 0.29) is 4.90 Å². The monoisotopic (exact) mass is 371 g/mol. The summed E-state index contributed by atoms with van der Waals surface area (Å²) >= 11 is 3.44. The fourth-order valence-electron chi connectivity index (χ4n) is 2.03. The lowest BCUT2D eigenvalue weighted by atomic mass is 10.1. The molecule has 0 saturated carbocycles. The van der Waals surface area contributed by atoms with E-state index in [0.717, 1.165) is 10.0 Å². The van der Waals surface area contributed by atoms with Crippen molar-refractivity contribution in [3.8, 4) is 11.3 Å². The largest absolute Gasteiger partial charge is 0.359 e. The molecule has 0 atom stereocenters. The van der Waals surface area contributed by atoms with Crippen LogP contribution in [0, 0.1) is 0 Å². The number of halogens is 2. The molecule has 3 aromatic rings. The minimum Gasteiger partial charge on any atom is -0.359 e. The molecule has 0 fully saturated rings. The Bertz CT molecular complexity index is 894. The summed E-state index contributed by atoms with van der Waals surface area (Å²) < 4.78 is 23.9. The van der Waals surface area contributed by atoms with E-state index in [2.05, 4.69) is 31.1 Å². The molecule has 1 aromatic carbocycles. The van der Waals surface area contributed by atoms with Crippen molar-refractivity contribution in [1.82, 2.24) is 15.2 Å². The van der Waals surface area contributed by atoms with Crippen LogP contribution in [0.4, 0.5) is 0 Å². The molecule has 2 heterocycles. The molecule has 0 aliphatic rings. The van der Waals surface area contributed by atoms with E-state index in [9.17, 15) is 8.42 Å². The number of nitrogens with one attached hydrogen (secondary N) is 1. The number of nitrogens with zero attached hydrogens (tertiary/aromatic N) is 2. The third kappa shape index (κ3) is 2.21. The Morgan fingerprint density at radius 2 is 2.05 bits per heavy atom. The maximum Gasteiger partial charge on any atom is 0.263 e. The summed E-state index contributed by atoms with van der Waals surface area (Å²) in [6.45, 7) is 0. The normalized spacial score (nSPS) is 11.9. The van der Waals surface area contributed by atoms with Crippen molar-refractivity contribution >= 4 is 46.6 Å². The predicted octanol–water partition coefficient (Wildman–Crippen LogP) is 3.31. The summed E-state index contributed by atoms with van der Waals surface area (Å²) in [5.41, 5.74) is 2.01. The molecule has 0 aliphatic heterocycles. The van der Waals surface area contributed by atoms with E-state index in [1.54, 1.807) is 30.5 Å². The first-order valence-corrected chi connectivity index (χ1v) is 8.61.